The highest BCUT2D eigenvalue weighted by Crippen LogP contribution is 2.34. The van der Waals surface area contributed by atoms with Crippen LogP contribution in [0.5, 0.6) is 0 Å². The summed E-state index contributed by atoms with van der Waals surface area (Å²) in [6.07, 6.45) is 2.61. The van der Waals surface area contributed by atoms with E-state index in [0.717, 1.165) is 24.7 Å². The molecule has 0 amide bonds. The number of hydrogen-bond donors (Lipinski definition) is 1. The predicted molar refractivity (Wildman–Crippen MR) is 69.6 cm³/mol. The van der Waals surface area contributed by atoms with Crippen LogP contribution in [0.3, 0.4) is 0 Å². The number of hydrogen-bond acceptors (Lipinski definition) is 2. The van der Waals surface area contributed by atoms with E-state index in [4.69, 9.17) is 5.73 Å². The standard InChI is InChI=1S/C14H21FN2/c1-3-17(9-11-7-8-11)13-6-4-5-12(15)14(13)10(2)16/h4-6,10-11H,3,7-9,16H2,1-2H3/t10-/m0/s1. The van der Waals surface area contributed by atoms with Crippen molar-refractivity contribution in [2.45, 2.75) is 32.7 Å². The summed E-state index contributed by atoms with van der Waals surface area (Å²) in [4.78, 5) is 2.25. The third-order valence-electron chi connectivity index (χ3n) is 3.38. The van der Waals surface area contributed by atoms with Gasteiger partial charge < -0.3 is 10.6 Å². The topological polar surface area (TPSA) is 29.3 Å². The Hall–Kier alpha value is -1.09. The number of nitrogens with two attached hydrogens (primary N) is 1. The van der Waals surface area contributed by atoms with Crippen molar-refractivity contribution in [2.75, 3.05) is 18.0 Å². The van der Waals surface area contributed by atoms with Gasteiger partial charge in [-0.2, -0.15) is 0 Å². The van der Waals surface area contributed by atoms with Gasteiger partial charge in [-0.05, 0) is 44.7 Å². The fraction of sp³-hybridized carbons (Fsp3) is 0.571. The maximum absolute atomic E-state index is 13.8. The first kappa shape index (κ1) is 12.4. The zero-order valence-electron chi connectivity index (χ0n) is 10.6. The maximum atomic E-state index is 13.8. The zero-order valence-corrected chi connectivity index (χ0v) is 10.6. The molecule has 0 aromatic heterocycles. The molecule has 1 atom stereocenters. The van der Waals surface area contributed by atoms with Crippen LogP contribution in [0.15, 0.2) is 18.2 Å². The van der Waals surface area contributed by atoms with Crippen molar-refractivity contribution in [3.8, 4) is 0 Å². The molecule has 94 valence electrons. The van der Waals surface area contributed by atoms with Crippen LogP contribution in [0.1, 0.15) is 38.3 Å². The molecule has 2 rings (SSSR count). The summed E-state index contributed by atoms with van der Waals surface area (Å²) in [5.41, 5.74) is 7.50. The summed E-state index contributed by atoms with van der Waals surface area (Å²) >= 11 is 0. The third kappa shape index (κ3) is 2.78. The van der Waals surface area contributed by atoms with Crippen LogP contribution in [-0.4, -0.2) is 13.1 Å². The Balaban J connectivity index is 2.30. The Labute approximate surface area is 103 Å². The number of halogens is 1. The molecule has 0 bridgehead atoms. The fourth-order valence-corrected chi connectivity index (χ4v) is 2.26. The third-order valence-corrected chi connectivity index (χ3v) is 3.38. The fourth-order valence-electron chi connectivity index (χ4n) is 2.26. The van der Waals surface area contributed by atoms with E-state index in [2.05, 4.69) is 11.8 Å². The van der Waals surface area contributed by atoms with Crippen LogP contribution in [0, 0.1) is 11.7 Å². The van der Waals surface area contributed by atoms with Gasteiger partial charge in [0.2, 0.25) is 0 Å². The van der Waals surface area contributed by atoms with Gasteiger partial charge in [-0.15, -0.1) is 0 Å². The molecule has 1 fully saturated rings. The minimum Gasteiger partial charge on any atom is -0.371 e. The first-order chi connectivity index (χ1) is 8.13. The summed E-state index contributed by atoms with van der Waals surface area (Å²) in [6.45, 7) is 5.88. The first-order valence-electron chi connectivity index (χ1n) is 6.42. The van der Waals surface area contributed by atoms with Crippen molar-refractivity contribution < 1.29 is 4.39 Å². The Morgan fingerprint density at radius 1 is 1.47 bits per heavy atom. The molecule has 17 heavy (non-hydrogen) atoms. The van der Waals surface area contributed by atoms with E-state index in [0.29, 0.717) is 5.56 Å². The van der Waals surface area contributed by atoms with Crippen LogP contribution in [0.25, 0.3) is 0 Å². The second-order valence-corrected chi connectivity index (χ2v) is 4.94. The minimum atomic E-state index is -0.264. The average molecular weight is 236 g/mol. The van der Waals surface area contributed by atoms with Crippen LogP contribution in [0.4, 0.5) is 10.1 Å². The average Bonchev–Trinajstić information content (AvgIpc) is 3.08. The summed E-state index contributed by atoms with van der Waals surface area (Å²) in [5, 5.41) is 0. The minimum absolute atomic E-state index is 0.188. The summed E-state index contributed by atoms with van der Waals surface area (Å²) < 4.78 is 13.8. The molecule has 0 saturated heterocycles. The van der Waals surface area contributed by atoms with E-state index in [-0.39, 0.29) is 11.9 Å². The van der Waals surface area contributed by atoms with E-state index >= 15 is 0 Å². The zero-order chi connectivity index (χ0) is 12.4. The molecule has 0 spiro atoms. The highest BCUT2D eigenvalue weighted by atomic mass is 19.1. The molecular formula is C14H21FN2. The largest absolute Gasteiger partial charge is 0.371 e. The lowest BCUT2D eigenvalue weighted by molar-refractivity contribution is 0.590. The van der Waals surface area contributed by atoms with Gasteiger partial charge in [-0.3, -0.25) is 0 Å². The molecule has 1 aromatic rings. The van der Waals surface area contributed by atoms with Gasteiger partial charge in [-0.1, -0.05) is 6.07 Å². The van der Waals surface area contributed by atoms with Crippen molar-refractivity contribution >= 4 is 5.69 Å². The second kappa shape index (κ2) is 5.05. The van der Waals surface area contributed by atoms with E-state index in [1.165, 1.54) is 18.9 Å². The number of nitrogens with zero attached hydrogens (tertiary/aromatic N) is 1. The van der Waals surface area contributed by atoms with Crippen molar-refractivity contribution in [3.63, 3.8) is 0 Å². The summed E-state index contributed by atoms with van der Waals surface area (Å²) in [6, 6.07) is 4.98. The molecule has 2 N–H and O–H groups in total. The highest BCUT2D eigenvalue weighted by Gasteiger charge is 2.25. The molecule has 2 nitrogen and oxygen atoms in total. The molecule has 0 unspecified atom stereocenters. The van der Waals surface area contributed by atoms with Crippen LogP contribution >= 0.6 is 0 Å². The maximum Gasteiger partial charge on any atom is 0.130 e. The van der Waals surface area contributed by atoms with Gasteiger partial charge in [0.15, 0.2) is 0 Å². The lowest BCUT2D eigenvalue weighted by atomic mass is 10.0. The van der Waals surface area contributed by atoms with Gasteiger partial charge in [0, 0.05) is 30.4 Å². The summed E-state index contributed by atoms with van der Waals surface area (Å²) in [7, 11) is 0. The van der Waals surface area contributed by atoms with Crippen LogP contribution in [0.2, 0.25) is 0 Å². The molecule has 1 aliphatic carbocycles. The molecule has 1 aromatic carbocycles. The number of benzene rings is 1. The molecule has 0 radical (unpaired) electrons. The van der Waals surface area contributed by atoms with E-state index in [9.17, 15) is 4.39 Å². The molecule has 0 aliphatic heterocycles. The molecule has 1 aliphatic rings. The predicted octanol–water partition coefficient (Wildman–Crippen LogP) is 3.08. The summed E-state index contributed by atoms with van der Waals surface area (Å²) in [5.74, 6) is 0.603. The van der Waals surface area contributed by atoms with Gasteiger partial charge >= 0.3 is 0 Å². The van der Waals surface area contributed by atoms with Gasteiger partial charge in [-0.25, -0.2) is 4.39 Å². The first-order valence-corrected chi connectivity index (χ1v) is 6.42. The number of rotatable bonds is 5. The number of anilines is 1. The monoisotopic (exact) mass is 236 g/mol. The van der Waals surface area contributed by atoms with E-state index in [1.807, 2.05) is 13.0 Å². The molecule has 3 heteroatoms. The van der Waals surface area contributed by atoms with Crippen molar-refractivity contribution in [1.29, 1.82) is 0 Å². The molecular weight excluding hydrogens is 215 g/mol. The Morgan fingerprint density at radius 2 is 2.18 bits per heavy atom. The quantitative estimate of drug-likeness (QED) is 0.851. The highest BCUT2D eigenvalue weighted by molar-refractivity contribution is 5.55. The van der Waals surface area contributed by atoms with Gasteiger partial charge in [0.1, 0.15) is 5.82 Å². The Morgan fingerprint density at radius 3 is 2.71 bits per heavy atom. The lowest BCUT2D eigenvalue weighted by Crippen LogP contribution is -2.27. The Bertz CT molecular complexity index is 386. The smallest absolute Gasteiger partial charge is 0.130 e. The van der Waals surface area contributed by atoms with Crippen molar-refractivity contribution in [1.82, 2.24) is 0 Å². The molecule has 1 saturated carbocycles. The van der Waals surface area contributed by atoms with Crippen LogP contribution < -0.4 is 10.6 Å². The van der Waals surface area contributed by atoms with Gasteiger partial charge in [0.25, 0.3) is 0 Å². The SMILES string of the molecule is CCN(CC1CC1)c1cccc(F)c1[C@H](C)N. The van der Waals surface area contributed by atoms with E-state index < -0.39 is 0 Å². The van der Waals surface area contributed by atoms with Crippen LogP contribution in [-0.2, 0) is 0 Å². The lowest BCUT2D eigenvalue weighted by Gasteiger charge is -2.27. The second-order valence-electron chi connectivity index (χ2n) is 4.94. The normalized spacial score (nSPS) is 16.9. The van der Waals surface area contributed by atoms with Crippen molar-refractivity contribution in [2.24, 2.45) is 11.7 Å². The van der Waals surface area contributed by atoms with Crippen molar-refractivity contribution in [3.05, 3.63) is 29.6 Å². The molecule has 0 heterocycles. The van der Waals surface area contributed by atoms with Gasteiger partial charge in [0.05, 0.1) is 0 Å². The Kier molecular flexibility index (Phi) is 3.67. The van der Waals surface area contributed by atoms with E-state index in [1.54, 1.807) is 6.07 Å².